The molecule has 76 valence electrons. The highest BCUT2D eigenvalue weighted by atomic mass is 127. The molecule has 0 atom stereocenters. The number of hydrogen-bond acceptors (Lipinski definition) is 2. The topological polar surface area (TPSA) is 35.2 Å². The Morgan fingerprint density at radius 1 is 1.29 bits per heavy atom. The molecule has 0 saturated heterocycles. The van der Waals surface area contributed by atoms with E-state index in [1.54, 1.807) is 0 Å². The third kappa shape index (κ3) is 2.60. The molecule has 1 aromatic carbocycles. The summed E-state index contributed by atoms with van der Waals surface area (Å²) in [6, 6.07) is 8.56. The molecule has 1 fully saturated rings. The largest absolute Gasteiger partial charge is 0.493 e. The molecule has 2 N–H and O–H groups in total. The van der Waals surface area contributed by atoms with Gasteiger partial charge in [-0.15, -0.1) is 0 Å². The van der Waals surface area contributed by atoms with Crippen LogP contribution in [0.15, 0.2) is 24.3 Å². The summed E-state index contributed by atoms with van der Waals surface area (Å²) in [5.41, 5.74) is 5.70. The Balaban J connectivity index is 1.78. The second-order valence-corrected chi connectivity index (χ2v) is 5.11. The highest BCUT2D eigenvalue weighted by Gasteiger charge is 2.26. The van der Waals surface area contributed by atoms with Gasteiger partial charge in [0.2, 0.25) is 0 Å². The Hall–Kier alpha value is -0.290. The Labute approximate surface area is 98.0 Å². The first-order valence-electron chi connectivity index (χ1n) is 4.88. The van der Waals surface area contributed by atoms with E-state index in [1.165, 1.54) is 3.57 Å². The van der Waals surface area contributed by atoms with Crippen LogP contribution in [0.2, 0.25) is 0 Å². The van der Waals surface area contributed by atoms with Crippen molar-refractivity contribution in [2.75, 3.05) is 6.61 Å². The molecule has 0 heterocycles. The minimum Gasteiger partial charge on any atom is -0.493 e. The van der Waals surface area contributed by atoms with E-state index in [2.05, 4.69) is 34.7 Å². The number of ether oxygens (including phenoxy) is 1. The Morgan fingerprint density at radius 2 is 1.93 bits per heavy atom. The van der Waals surface area contributed by atoms with Crippen molar-refractivity contribution in [3.63, 3.8) is 0 Å². The number of halogens is 1. The summed E-state index contributed by atoms with van der Waals surface area (Å²) in [7, 11) is 0. The van der Waals surface area contributed by atoms with E-state index in [4.69, 9.17) is 10.5 Å². The molecule has 1 aliphatic rings. The van der Waals surface area contributed by atoms with Crippen LogP contribution in [-0.2, 0) is 0 Å². The standard InChI is InChI=1S/C11H14INO/c12-9-1-3-11(4-2-9)14-7-8-5-10(13)6-8/h1-4,8,10H,5-7,13H2. The van der Waals surface area contributed by atoms with Crippen molar-refractivity contribution in [1.29, 1.82) is 0 Å². The van der Waals surface area contributed by atoms with E-state index < -0.39 is 0 Å². The van der Waals surface area contributed by atoms with Crippen molar-refractivity contribution in [2.24, 2.45) is 11.7 Å². The number of benzene rings is 1. The Bertz CT molecular complexity index is 293. The van der Waals surface area contributed by atoms with Gasteiger partial charge in [-0.3, -0.25) is 0 Å². The Kier molecular flexibility index (Phi) is 3.28. The predicted molar refractivity (Wildman–Crippen MR) is 65.4 cm³/mol. The van der Waals surface area contributed by atoms with E-state index >= 15 is 0 Å². The van der Waals surface area contributed by atoms with Crippen molar-refractivity contribution in [3.8, 4) is 5.75 Å². The van der Waals surface area contributed by atoms with Gasteiger partial charge in [0.15, 0.2) is 0 Å². The molecular formula is C11H14INO. The summed E-state index contributed by atoms with van der Waals surface area (Å²) < 4.78 is 6.89. The lowest BCUT2D eigenvalue weighted by atomic mass is 9.82. The van der Waals surface area contributed by atoms with Crippen molar-refractivity contribution in [1.82, 2.24) is 0 Å². The van der Waals surface area contributed by atoms with E-state index in [1.807, 2.05) is 12.1 Å². The van der Waals surface area contributed by atoms with E-state index in [0.29, 0.717) is 12.0 Å². The van der Waals surface area contributed by atoms with Crippen molar-refractivity contribution < 1.29 is 4.74 Å². The van der Waals surface area contributed by atoms with Gasteiger partial charge in [-0.25, -0.2) is 0 Å². The van der Waals surface area contributed by atoms with E-state index in [0.717, 1.165) is 25.2 Å². The van der Waals surface area contributed by atoms with Crippen LogP contribution in [0.5, 0.6) is 5.75 Å². The lowest BCUT2D eigenvalue weighted by molar-refractivity contribution is 0.160. The second-order valence-electron chi connectivity index (χ2n) is 3.86. The maximum atomic E-state index is 5.70. The molecule has 1 aliphatic carbocycles. The first-order chi connectivity index (χ1) is 6.74. The van der Waals surface area contributed by atoms with Crippen LogP contribution in [0.3, 0.4) is 0 Å². The van der Waals surface area contributed by atoms with Crippen LogP contribution in [-0.4, -0.2) is 12.6 Å². The van der Waals surface area contributed by atoms with Crippen LogP contribution in [0, 0.1) is 9.49 Å². The lowest BCUT2D eigenvalue weighted by Gasteiger charge is -2.32. The molecule has 0 aliphatic heterocycles. The zero-order chi connectivity index (χ0) is 9.97. The maximum absolute atomic E-state index is 5.70. The molecular weight excluding hydrogens is 289 g/mol. The normalized spacial score (nSPS) is 25.6. The van der Waals surface area contributed by atoms with Gasteiger partial charge < -0.3 is 10.5 Å². The summed E-state index contributed by atoms with van der Waals surface area (Å²) in [5.74, 6) is 1.63. The van der Waals surface area contributed by atoms with Crippen LogP contribution in [0.4, 0.5) is 0 Å². The zero-order valence-electron chi connectivity index (χ0n) is 7.95. The van der Waals surface area contributed by atoms with Gasteiger partial charge in [0.1, 0.15) is 5.75 Å². The van der Waals surface area contributed by atoms with Crippen LogP contribution in [0.25, 0.3) is 0 Å². The average Bonchev–Trinajstić information content (AvgIpc) is 2.13. The fourth-order valence-electron chi connectivity index (χ4n) is 1.67. The van der Waals surface area contributed by atoms with Gasteiger partial charge in [-0.05, 0) is 65.6 Å². The number of nitrogens with two attached hydrogens (primary N) is 1. The monoisotopic (exact) mass is 303 g/mol. The van der Waals surface area contributed by atoms with E-state index in [-0.39, 0.29) is 0 Å². The third-order valence-corrected chi connectivity index (χ3v) is 3.29. The quantitative estimate of drug-likeness (QED) is 0.870. The minimum absolute atomic E-state index is 0.417. The molecule has 3 heteroatoms. The molecule has 0 spiro atoms. The van der Waals surface area contributed by atoms with Crippen LogP contribution in [0.1, 0.15) is 12.8 Å². The smallest absolute Gasteiger partial charge is 0.119 e. The van der Waals surface area contributed by atoms with Crippen molar-refractivity contribution >= 4 is 22.6 Å². The third-order valence-electron chi connectivity index (χ3n) is 2.57. The lowest BCUT2D eigenvalue weighted by Crippen LogP contribution is -2.39. The molecule has 0 radical (unpaired) electrons. The number of rotatable bonds is 3. The van der Waals surface area contributed by atoms with Gasteiger partial charge in [0, 0.05) is 9.61 Å². The molecule has 1 saturated carbocycles. The highest BCUT2D eigenvalue weighted by molar-refractivity contribution is 14.1. The summed E-state index contributed by atoms with van der Waals surface area (Å²) in [4.78, 5) is 0. The SMILES string of the molecule is NC1CC(COc2ccc(I)cc2)C1. The van der Waals surface area contributed by atoms with Gasteiger partial charge in [-0.1, -0.05) is 0 Å². The fraction of sp³-hybridized carbons (Fsp3) is 0.455. The molecule has 2 rings (SSSR count). The van der Waals surface area contributed by atoms with Crippen LogP contribution < -0.4 is 10.5 Å². The molecule has 0 unspecified atom stereocenters. The van der Waals surface area contributed by atoms with Gasteiger partial charge in [0.05, 0.1) is 6.61 Å². The minimum atomic E-state index is 0.417. The molecule has 1 aromatic rings. The van der Waals surface area contributed by atoms with Gasteiger partial charge in [0.25, 0.3) is 0 Å². The average molecular weight is 303 g/mol. The molecule has 2 nitrogen and oxygen atoms in total. The van der Waals surface area contributed by atoms with Gasteiger partial charge in [-0.2, -0.15) is 0 Å². The summed E-state index contributed by atoms with van der Waals surface area (Å²) in [5, 5.41) is 0. The summed E-state index contributed by atoms with van der Waals surface area (Å²) in [6.45, 7) is 0.814. The van der Waals surface area contributed by atoms with Crippen molar-refractivity contribution in [2.45, 2.75) is 18.9 Å². The summed E-state index contributed by atoms with van der Waals surface area (Å²) in [6.07, 6.45) is 2.23. The molecule has 14 heavy (non-hydrogen) atoms. The zero-order valence-corrected chi connectivity index (χ0v) is 10.1. The van der Waals surface area contributed by atoms with Crippen LogP contribution >= 0.6 is 22.6 Å². The summed E-state index contributed by atoms with van der Waals surface area (Å²) >= 11 is 2.29. The van der Waals surface area contributed by atoms with E-state index in [9.17, 15) is 0 Å². The molecule has 0 aromatic heterocycles. The van der Waals surface area contributed by atoms with Crippen molar-refractivity contribution in [3.05, 3.63) is 27.8 Å². The predicted octanol–water partition coefficient (Wildman–Crippen LogP) is 2.41. The Morgan fingerprint density at radius 3 is 2.50 bits per heavy atom. The first kappa shape index (κ1) is 10.2. The number of hydrogen-bond donors (Lipinski definition) is 1. The molecule has 0 amide bonds. The van der Waals surface area contributed by atoms with Gasteiger partial charge >= 0.3 is 0 Å². The highest BCUT2D eigenvalue weighted by Crippen LogP contribution is 2.26. The second kappa shape index (κ2) is 4.49. The fourth-order valence-corrected chi connectivity index (χ4v) is 2.03. The maximum Gasteiger partial charge on any atom is 0.119 e. The first-order valence-corrected chi connectivity index (χ1v) is 5.96. The molecule has 0 bridgehead atoms.